The van der Waals surface area contributed by atoms with Crippen molar-refractivity contribution >= 4 is 17.7 Å². The lowest BCUT2D eigenvalue weighted by Gasteiger charge is -2.08. The molecule has 25 heavy (non-hydrogen) atoms. The molecule has 0 radical (unpaired) electrons. The van der Waals surface area contributed by atoms with E-state index >= 15 is 0 Å². The molecule has 1 amide bonds. The van der Waals surface area contributed by atoms with Gasteiger partial charge in [-0.2, -0.15) is 0 Å². The molecule has 0 bridgehead atoms. The highest BCUT2D eigenvalue weighted by atomic mass is 17.1. The van der Waals surface area contributed by atoms with Gasteiger partial charge in [0.1, 0.15) is 12.4 Å². The molecule has 1 aromatic rings. The summed E-state index contributed by atoms with van der Waals surface area (Å²) in [6, 6.07) is 4.95. The maximum Gasteiger partial charge on any atom is 0.412 e. The third kappa shape index (κ3) is 9.17. The van der Waals surface area contributed by atoms with Crippen molar-refractivity contribution < 1.29 is 39.2 Å². The molecule has 0 atom stereocenters. The van der Waals surface area contributed by atoms with Crippen LogP contribution in [0.3, 0.4) is 0 Å². The summed E-state index contributed by atoms with van der Waals surface area (Å²) >= 11 is 0. The lowest BCUT2D eigenvalue weighted by molar-refractivity contribution is -0.492. The number of benzene rings is 1. The fraction of sp³-hybridized carbons (Fsp3) is 0.385. The van der Waals surface area contributed by atoms with Gasteiger partial charge in [-0.15, -0.1) is 0 Å². The zero-order chi connectivity index (χ0) is 18.7. The number of nitro benzene ring substituents is 1. The van der Waals surface area contributed by atoms with Crippen molar-refractivity contribution in [3.63, 3.8) is 0 Å². The molecule has 0 aromatic heterocycles. The Balaban J connectivity index is 2.14. The number of esters is 1. The average Bonchev–Trinajstić information content (AvgIpc) is 2.56. The topological polar surface area (TPSA) is 161 Å². The Bertz CT molecular complexity index is 577. The number of rotatable bonds is 10. The lowest BCUT2D eigenvalue weighted by Crippen LogP contribution is -2.30. The third-order valence-corrected chi connectivity index (χ3v) is 2.62. The monoisotopic (exact) mass is 359 g/mol. The van der Waals surface area contributed by atoms with Crippen LogP contribution in [0.5, 0.6) is 5.75 Å². The van der Waals surface area contributed by atoms with E-state index in [0.29, 0.717) is 0 Å². The van der Waals surface area contributed by atoms with Crippen molar-refractivity contribution in [2.45, 2.75) is 12.8 Å². The first-order valence-electron chi connectivity index (χ1n) is 7.05. The van der Waals surface area contributed by atoms with Crippen LogP contribution in [-0.2, 0) is 14.4 Å². The van der Waals surface area contributed by atoms with E-state index in [2.05, 4.69) is 10.2 Å². The molecule has 0 fully saturated rings. The Hall–Kier alpha value is -2.80. The van der Waals surface area contributed by atoms with E-state index in [-0.39, 0.29) is 44.0 Å². The van der Waals surface area contributed by atoms with Crippen molar-refractivity contribution in [1.82, 2.24) is 10.7 Å². The van der Waals surface area contributed by atoms with E-state index in [1.807, 2.05) is 0 Å². The highest BCUT2D eigenvalue weighted by Gasteiger charge is 2.08. The van der Waals surface area contributed by atoms with Gasteiger partial charge in [0.05, 0.1) is 23.5 Å². The second-order valence-corrected chi connectivity index (χ2v) is 4.48. The van der Waals surface area contributed by atoms with Gasteiger partial charge >= 0.3 is 12.1 Å². The maximum absolute atomic E-state index is 11.5. The fourth-order valence-electron chi connectivity index (χ4n) is 1.53. The number of ether oxygens (including phenoxy) is 2. The molecule has 138 valence electrons. The van der Waals surface area contributed by atoms with Crippen LogP contribution < -0.4 is 10.1 Å². The first-order valence-corrected chi connectivity index (χ1v) is 7.05. The molecule has 0 spiro atoms. The normalized spacial score (nSPS) is 10.4. The number of carbonyl (C=O) groups is 2. The summed E-state index contributed by atoms with van der Waals surface area (Å²) < 4.78 is 9.69. The molecule has 0 aliphatic rings. The number of hydrogen-bond acceptors (Lipinski definition) is 10. The molecule has 0 aliphatic heterocycles. The molecular formula is C13H17N3O9. The zero-order valence-electron chi connectivity index (χ0n) is 13.0. The summed E-state index contributed by atoms with van der Waals surface area (Å²) in [5.74, 6) is -0.418. The lowest BCUT2D eigenvalue weighted by atomic mass is 10.3. The van der Waals surface area contributed by atoms with E-state index in [9.17, 15) is 19.7 Å². The van der Waals surface area contributed by atoms with Crippen LogP contribution in [0.2, 0.25) is 0 Å². The average molecular weight is 359 g/mol. The number of carbonyl (C=O) groups excluding carboxylic acids is 2. The van der Waals surface area contributed by atoms with Gasteiger partial charge in [0.2, 0.25) is 0 Å². The number of hydrogen-bond donors (Lipinski definition) is 3. The first-order chi connectivity index (χ1) is 11.9. The minimum Gasteiger partial charge on any atom is -0.464 e. The number of nitrogens with one attached hydrogen (secondary N) is 1. The predicted octanol–water partition coefficient (Wildman–Crippen LogP) is 1.02. The van der Waals surface area contributed by atoms with Crippen molar-refractivity contribution in [3.8, 4) is 5.75 Å². The van der Waals surface area contributed by atoms with Gasteiger partial charge in [-0.05, 0) is 18.6 Å². The Morgan fingerprint density at radius 3 is 2.48 bits per heavy atom. The SMILES string of the molecule is O=C(CCCON(O)O)OCCNC(=O)Oc1ccc([N+](=O)[O-])cc1. The van der Waals surface area contributed by atoms with E-state index in [4.69, 9.17) is 19.9 Å². The van der Waals surface area contributed by atoms with Gasteiger partial charge in [-0.1, -0.05) is 0 Å². The van der Waals surface area contributed by atoms with Gasteiger partial charge in [0.15, 0.2) is 0 Å². The minimum absolute atomic E-state index is 0.00107. The van der Waals surface area contributed by atoms with Gasteiger partial charge in [0.25, 0.3) is 5.69 Å². The molecule has 1 aromatic carbocycles. The zero-order valence-corrected chi connectivity index (χ0v) is 13.0. The Morgan fingerprint density at radius 2 is 1.88 bits per heavy atom. The molecule has 0 aliphatic carbocycles. The smallest absolute Gasteiger partial charge is 0.412 e. The first kappa shape index (κ1) is 20.2. The molecule has 0 heterocycles. The Morgan fingerprint density at radius 1 is 1.20 bits per heavy atom. The van der Waals surface area contributed by atoms with Crippen molar-refractivity contribution in [3.05, 3.63) is 34.4 Å². The van der Waals surface area contributed by atoms with Crippen molar-refractivity contribution in [2.75, 3.05) is 19.8 Å². The quantitative estimate of drug-likeness (QED) is 0.238. The molecule has 1 rings (SSSR count). The van der Waals surface area contributed by atoms with Crippen LogP contribution >= 0.6 is 0 Å². The number of non-ortho nitro benzene ring substituents is 1. The van der Waals surface area contributed by atoms with Crippen molar-refractivity contribution in [2.24, 2.45) is 0 Å². The standard InChI is InChI=1S/C13H17N3O9/c17-12(2-1-8-24-16(21)22)23-9-7-14-13(18)25-11-5-3-10(4-6-11)15(19)20/h3-6,21-22H,1-2,7-9H2,(H,14,18). The summed E-state index contributed by atoms with van der Waals surface area (Å²) in [4.78, 5) is 36.9. The summed E-state index contributed by atoms with van der Waals surface area (Å²) in [5, 5.41) is 28.9. The maximum atomic E-state index is 11.5. The molecule has 12 heteroatoms. The summed E-state index contributed by atoms with van der Waals surface area (Å²) in [6.07, 6.45) is -0.586. The Kier molecular flexibility index (Phi) is 8.81. The number of nitrogens with zero attached hydrogens (tertiary/aromatic N) is 2. The summed E-state index contributed by atoms with van der Waals surface area (Å²) in [6.45, 7) is -0.155. The van der Waals surface area contributed by atoms with Crippen molar-refractivity contribution in [1.29, 1.82) is 0 Å². The summed E-state index contributed by atoms with van der Waals surface area (Å²) in [7, 11) is 0. The van der Waals surface area contributed by atoms with Crippen LogP contribution in [0.15, 0.2) is 24.3 Å². The molecular weight excluding hydrogens is 342 g/mol. The van der Waals surface area contributed by atoms with Gasteiger partial charge in [-0.25, -0.2) is 4.79 Å². The minimum atomic E-state index is -0.802. The Labute approximate surface area is 141 Å². The highest BCUT2D eigenvalue weighted by Crippen LogP contribution is 2.17. The fourth-order valence-corrected chi connectivity index (χ4v) is 1.53. The van der Waals surface area contributed by atoms with Gasteiger partial charge in [-0.3, -0.25) is 30.2 Å². The van der Waals surface area contributed by atoms with Crippen LogP contribution in [0, 0.1) is 10.1 Å². The van der Waals surface area contributed by atoms with Gasteiger partial charge < -0.3 is 14.8 Å². The van der Waals surface area contributed by atoms with E-state index in [0.717, 1.165) is 0 Å². The van der Waals surface area contributed by atoms with E-state index in [1.165, 1.54) is 24.3 Å². The van der Waals surface area contributed by atoms with Crippen LogP contribution in [-0.4, -0.2) is 52.5 Å². The molecule has 0 saturated carbocycles. The third-order valence-electron chi connectivity index (χ3n) is 2.62. The second-order valence-electron chi connectivity index (χ2n) is 4.48. The summed E-state index contributed by atoms with van der Waals surface area (Å²) in [5.41, 5.74) is -0.129. The van der Waals surface area contributed by atoms with Crippen LogP contribution in [0.25, 0.3) is 0 Å². The molecule has 3 N–H and O–H groups in total. The van der Waals surface area contributed by atoms with Gasteiger partial charge in [0, 0.05) is 18.6 Å². The van der Waals surface area contributed by atoms with E-state index in [1.54, 1.807) is 0 Å². The van der Waals surface area contributed by atoms with Crippen LogP contribution in [0.1, 0.15) is 12.8 Å². The van der Waals surface area contributed by atoms with Crippen LogP contribution in [0.4, 0.5) is 10.5 Å². The molecule has 0 unspecified atom stereocenters. The molecule has 0 saturated heterocycles. The number of nitro groups is 1. The predicted molar refractivity (Wildman–Crippen MR) is 78.7 cm³/mol. The highest BCUT2D eigenvalue weighted by molar-refractivity contribution is 5.71. The molecule has 12 nitrogen and oxygen atoms in total. The second kappa shape index (κ2) is 10.9. The van der Waals surface area contributed by atoms with E-state index < -0.39 is 22.4 Å². The number of amides is 1. The largest absolute Gasteiger partial charge is 0.464 e.